The number of ether oxygens (including phenoxy) is 1. The first-order valence-corrected chi connectivity index (χ1v) is 11.9. The molecule has 3 atom stereocenters. The van der Waals surface area contributed by atoms with Gasteiger partial charge >= 0.3 is 6.01 Å². The molecule has 1 aliphatic heterocycles. The number of hydrogen-bond donors (Lipinski definition) is 2. The fourth-order valence-electron chi connectivity index (χ4n) is 5.37. The molecule has 36 heavy (non-hydrogen) atoms. The van der Waals surface area contributed by atoms with Gasteiger partial charge in [-0.2, -0.15) is 9.97 Å². The largest absolute Gasteiger partial charge is 0.423 e. The van der Waals surface area contributed by atoms with Crippen molar-refractivity contribution >= 4 is 27.8 Å². The van der Waals surface area contributed by atoms with Crippen molar-refractivity contribution in [3.8, 4) is 23.1 Å². The number of fused-ring (bicyclic) bond motifs is 4. The first kappa shape index (κ1) is 21.1. The number of rotatable bonds is 5. The summed E-state index contributed by atoms with van der Waals surface area (Å²) in [5.74, 6) is 2.35. The average molecular weight is 487 g/mol. The Labute approximate surface area is 204 Å². The second-order valence-corrected chi connectivity index (χ2v) is 9.47. The smallest absolute Gasteiger partial charge is 0.326 e. The molecule has 4 aromatic heterocycles. The molecule has 182 valence electrons. The number of halogens is 1. The molecule has 2 fully saturated rings. The molecule has 1 saturated carbocycles. The summed E-state index contributed by atoms with van der Waals surface area (Å²) in [5.41, 5.74) is 9.23. The standard InChI is InChI=1S/C24H23FN10O/c1-3-11-4-13(25)6-15-18-21(28-20(11)15)29-24(30-23(18)35-9-16-17(10-35)19(16)26)36-14-5-12(7-27-8-14)22-31-32-33-34(22)2/h4-8,16-17,19H,3,9-10,26H2,1-2H3,(H,28,29,30)/t16-,17+,19?. The number of piperidine rings is 1. The van der Waals surface area contributed by atoms with Crippen LogP contribution in [0.15, 0.2) is 30.6 Å². The molecule has 1 aliphatic carbocycles. The Morgan fingerprint density at radius 1 is 1.17 bits per heavy atom. The highest BCUT2D eigenvalue weighted by molar-refractivity contribution is 6.12. The van der Waals surface area contributed by atoms with Gasteiger partial charge in [0.15, 0.2) is 5.82 Å². The van der Waals surface area contributed by atoms with Crippen LogP contribution in [0.4, 0.5) is 10.2 Å². The molecule has 0 radical (unpaired) electrons. The summed E-state index contributed by atoms with van der Waals surface area (Å²) in [5, 5.41) is 13.1. The lowest BCUT2D eigenvalue weighted by Gasteiger charge is -2.21. The van der Waals surface area contributed by atoms with Crippen molar-refractivity contribution in [1.29, 1.82) is 0 Å². The van der Waals surface area contributed by atoms with Crippen LogP contribution in [-0.2, 0) is 13.5 Å². The number of aromatic nitrogens is 8. The quantitative estimate of drug-likeness (QED) is 0.384. The Kier molecular flexibility index (Phi) is 4.49. The van der Waals surface area contributed by atoms with Crippen LogP contribution in [0.25, 0.3) is 33.3 Å². The fourth-order valence-corrected chi connectivity index (χ4v) is 5.37. The van der Waals surface area contributed by atoms with E-state index in [9.17, 15) is 4.39 Å². The van der Waals surface area contributed by atoms with Crippen LogP contribution in [0.1, 0.15) is 12.5 Å². The van der Waals surface area contributed by atoms with E-state index in [1.54, 1.807) is 42.3 Å². The summed E-state index contributed by atoms with van der Waals surface area (Å²) in [6, 6.07) is 5.30. The van der Waals surface area contributed by atoms with E-state index in [1.807, 2.05) is 6.92 Å². The first-order chi connectivity index (χ1) is 17.5. The van der Waals surface area contributed by atoms with E-state index in [4.69, 9.17) is 15.5 Å². The lowest BCUT2D eigenvalue weighted by molar-refractivity contribution is 0.442. The molecule has 5 aromatic rings. The summed E-state index contributed by atoms with van der Waals surface area (Å²) >= 11 is 0. The lowest BCUT2D eigenvalue weighted by Crippen LogP contribution is -2.29. The van der Waals surface area contributed by atoms with E-state index < -0.39 is 0 Å². The number of benzene rings is 1. The summed E-state index contributed by atoms with van der Waals surface area (Å²) in [4.78, 5) is 19.3. The number of H-pyrrole nitrogens is 1. The Hall–Kier alpha value is -4.19. The highest BCUT2D eigenvalue weighted by Gasteiger charge is 2.54. The highest BCUT2D eigenvalue weighted by Crippen LogP contribution is 2.47. The molecule has 0 spiro atoms. The number of pyridine rings is 1. The Morgan fingerprint density at radius 2 is 2.00 bits per heavy atom. The van der Waals surface area contributed by atoms with E-state index in [-0.39, 0.29) is 17.9 Å². The van der Waals surface area contributed by atoms with Crippen LogP contribution in [0, 0.1) is 17.7 Å². The molecule has 7 rings (SSSR count). The number of hydrogen-bond acceptors (Lipinski definition) is 9. The van der Waals surface area contributed by atoms with Gasteiger partial charge in [0.2, 0.25) is 0 Å². The van der Waals surface area contributed by atoms with Crippen LogP contribution in [-0.4, -0.2) is 59.3 Å². The van der Waals surface area contributed by atoms with E-state index in [1.165, 1.54) is 0 Å². The minimum absolute atomic E-state index is 0.169. The molecule has 1 saturated heterocycles. The van der Waals surface area contributed by atoms with E-state index >= 15 is 0 Å². The highest BCUT2D eigenvalue weighted by atomic mass is 19.1. The second kappa shape index (κ2) is 7.65. The summed E-state index contributed by atoms with van der Waals surface area (Å²) < 4.78 is 22.2. The Balaban J connectivity index is 1.35. The monoisotopic (exact) mass is 486 g/mol. The molecule has 2 aliphatic rings. The number of aryl methyl sites for hydroxylation is 2. The molecular weight excluding hydrogens is 463 g/mol. The van der Waals surface area contributed by atoms with Crippen molar-refractivity contribution in [1.82, 2.24) is 40.1 Å². The predicted octanol–water partition coefficient (Wildman–Crippen LogP) is 2.58. The minimum Gasteiger partial charge on any atom is -0.423 e. The van der Waals surface area contributed by atoms with Gasteiger partial charge in [-0.25, -0.2) is 9.07 Å². The van der Waals surface area contributed by atoms with Gasteiger partial charge in [0, 0.05) is 43.3 Å². The van der Waals surface area contributed by atoms with E-state index in [2.05, 4.69) is 35.4 Å². The van der Waals surface area contributed by atoms with Crippen molar-refractivity contribution in [3.05, 3.63) is 42.0 Å². The molecule has 1 unspecified atom stereocenters. The van der Waals surface area contributed by atoms with Gasteiger partial charge in [-0.15, -0.1) is 5.10 Å². The van der Waals surface area contributed by atoms with Gasteiger partial charge in [0.05, 0.1) is 17.1 Å². The number of nitrogens with one attached hydrogen (secondary N) is 1. The van der Waals surface area contributed by atoms with Crippen molar-refractivity contribution in [3.63, 3.8) is 0 Å². The van der Waals surface area contributed by atoms with E-state index in [0.717, 1.165) is 40.8 Å². The lowest BCUT2D eigenvalue weighted by atomic mass is 10.1. The zero-order chi connectivity index (χ0) is 24.6. The Morgan fingerprint density at radius 3 is 2.75 bits per heavy atom. The summed E-state index contributed by atoms with van der Waals surface area (Å²) in [7, 11) is 1.75. The number of nitrogens with two attached hydrogens (primary N) is 1. The third kappa shape index (κ3) is 3.21. The molecule has 0 bridgehead atoms. The maximum Gasteiger partial charge on any atom is 0.326 e. The average Bonchev–Trinajstić information content (AvgIpc) is 3.33. The molecular formula is C24H23FN10O. The van der Waals surface area contributed by atoms with Gasteiger partial charge in [0.1, 0.15) is 23.0 Å². The van der Waals surface area contributed by atoms with Gasteiger partial charge in [0.25, 0.3) is 0 Å². The molecule has 3 N–H and O–H groups in total. The van der Waals surface area contributed by atoms with Crippen LogP contribution in [0.2, 0.25) is 0 Å². The minimum atomic E-state index is -0.279. The zero-order valence-corrected chi connectivity index (χ0v) is 19.7. The van der Waals surface area contributed by atoms with Crippen molar-refractivity contribution < 1.29 is 9.13 Å². The number of aromatic amines is 1. The maximum atomic E-state index is 14.5. The van der Waals surface area contributed by atoms with Crippen LogP contribution >= 0.6 is 0 Å². The van der Waals surface area contributed by atoms with Gasteiger partial charge < -0.3 is 20.4 Å². The predicted molar refractivity (Wildman–Crippen MR) is 130 cm³/mol. The van der Waals surface area contributed by atoms with Crippen molar-refractivity contribution in [2.45, 2.75) is 19.4 Å². The first-order valence-electron chi connectivity index (χ1n) is 11.9. The summed E-state index contributed by atoms with van der Waals surface area (Å²) in [6.07, 6.45) is 3.93. The van der Waals surface area contributed by atoms with E-state index in [0.29, 0.717) is 41.0 Å². The number of nitrogens with zero attached hydrogens (tertiary/aromatic N) is 8. The van der Waals surface area contributed by atoms with Gasteiger partial charge in [-0.1, -0.05) is 6.92 Å². The fraction of sp³-hybridized carbons (Fsp3) is 0.333. The molecule has 0 amide bonds. The van der Waals surface area contributed by atoms with Crippen LogP contribution in [0.5, 0.6) is 11.8 Å². The molecule has 12 heteroatoms. The number of anilines is 1. The van der Waals surface area contributed by atoms with Crippen molar-refractivity contribution in [2.24, 2.45) is 24.6 Å². The van der Waals surface area contributed by atoms with Crippen LogP contribution in [0.3, 0.4) is 0 Å². The third-order valence-electron chi connectivity index (χ3n) is 7.31. The summed E-state index contributed by atoms with van der Waals surface area (Å²) in [6.45, 7) is 3.61. The number of tetrazole rings is 1. The van der Waals surface area contributed by atoms with Gasteiger partial charge in [-0.3, -0.25) is 4.98 Å². The maximum absolute atomic E-state index is 14.5. The second-order valence-electron chi connectivity index (χ2n) is 9.47. The normalized spacial score (nSPS) is 20.9. The molecule has 1 aromatic carbocycles. The molecule has 5 heterocycles. The van der Waals surface area contributed by atoms with Crippen LogP contribution < -0.4 is 15.4 Å². The molecule has 11 nitrogen and oxygen atoms in total. The third-order valence-corrected chi connectivity index (χ3v) is 7.31. The van der Waals surface area contributed by atoms with Gasteiger partial charge in [-0.05, 0) is 52.4 Å². The zero-order valence-electron chi connectivity index (χ0n) is 19.7. The SMILES string of the molecule is CCc1cc(F)cc2c1[nH]c1nc(Oc3cncc(-c4nnnn4C)c3)nc(N3C[C@@H]4C(N)[C@@H]4C3)c12. The Bertz CT molecular complexity index is 1630. The van der Waals surface area contributed by atoms with Crippen molar-refractivity contribution in [2.75, 3.05) is 18.0 Å². The topological polar surface area (TPSA) is 137 Å².